The second kappa shape index (κ2) is 6.51. The van der Waals surface area contributed by atoms with Crippen LogP contribution in [0.2, 0.25) is 10.0 Å². The second-order valence-corrected chi connectivity index (χ2v) is 4.98. The molecule has 0 heterocycles. The average Bonchev–Trinajstić information content (AvgIpc) is 2.44. The van der Waals surface area contributed by atoms with E-state index in [9.17, 15) is 10.1 Å². The fourth-order valence-corrected chi connectivity index (χ4v) is 1.87. The summed E-state index contributed by atoms with van der Waals surface area (Å²) in [7, 11) is 0. The van der Waals surface area contributed by atoms with E-state index in [2.05, 4.69) is 15.8 Å². The van der Waals surface area contributed by atoms with Crippen LogP contribution in [0.3, 0.4) is 0 Å². The molecule has 2 rings (SSSR count). The largest absolute Gasteiger partial charge is 0.269 e. The molecule has 0 unspecified atom stereocenters. The molecule has 0 bridgehead atoms. The zero-order chi connectivity index (χ0) is 15.4. The first-order valence-electron chi connectivity index (χ1n) is 5.84. The van der Waals surface area contributed by atoms with Crippen LogP contribution in [-0.2, 0) is 0 Å². The lowest BCUT2D eigenvalue weighted by Gasteiger charge is -2.02. The van der Waals surface area contributed by atoms with Gasteiger partial charge in [-0.05, 0) is 36.8 Å². The predicted molar refractivity (Wildman–Crippen MR) is 82.4 cm³/mol. The number of aryl methyl sites for hydroxylation is 1. The average molecular weight is 325 g/mol. The summed E-state index contributed by atoms with van der Waals surface area (Å²) in [4.78, 5) is 10.2. The quantitative estimate of drug-likeness (QED) is 0.469. The predicted octanol–water partition coefficient (Wildman–Crippen LogP) is 5.32. The summed E-state index contributed by atoms with van der Waals surface area (Å²) in [5.41, 5.74) is 4.55. The maximum Gasteiger partial charge on any atom is 0.269 e. The van der Waals surface area contributed by atoms with Gasteiger partial charge in [-0.1, -0.05) is 28.4 Å². The maximum atomic E-state index is 10.6. The Hall–Kier alpha value is -2.18. The molecule has 0 atom stereocenters. The van der Waals surface area contributed by atoms with Crippen LogP contribution in [0.15, 0.2) is 46.7 Å². The zero-order valence-corrected chi connectivity index (χ0v) is 12.4. The summed E-state index contributed by atoms with van der Waals surface area (Å²) in [6.45, 7) is 1.72. The number of rotatable bonds is 4. The molecule has 21 heavy (non-hydrogen) atoms. The molecule has 0 aliphatic rings. The van der Waals surface area contributed by atoms with Crippen molar-refractivity contribution in [3.8, 4) is 0 Å². The lowest BCUT2D eigenvalue weighted by molar-refractivity contribution is -0.384. The Morgan fingerprint density at radius 1 is 1.14 bits per heavy atom. The van der Waals surface area contributed by atoms with Gasteiger partial charge in [0, 0.05) is 12.1 Å². The third kappa shape index (κ3) is 3.90. The smallest absolute Gasteiger partial charge is 0.260 e. The molecule has 6 nitrogen and oxygen atoms in total. The summed E-state index contributed by atoms with van der Waals surface area (Å²) in [5.74, 6) is 0. The Kier molecular flexibility index (Phi) is 4.72. The van der Waals surface area contributed by atoms with Gasteiger partial charge in [-0.25, -0.2) is 0 Å². The van der Waals surface area contributed by atoms with Crippen LogP contribution in [-0.4, -0.2) is 4.92 Å². The lowest BCUT2D eigenvalue weighted by Crippen LogP contribution is -1.89. The van der Waals surface area contributed by atoms with E-state index in [1.165, 1.54) is 18.2 Å². The molecule has 0 saturated carbocycles. The monoisotopic (exact) mass is 324 g/mol. The highest BCUT2D eigenvalue weighted by Gasteiger charge is 2.07. The number of nitrogens with one attached hydrogen (secondary N) is 1. The van der Waals surface area contributed by atoms with Gasteiger partial charge in [0.15, 0.2) is 0 Å². The number of non-ortho nitro benzene ring substituents is 1. The van der Waals surface area contributed by atoms with Crippen molar-refractivity contribution in [2.75, 3.05) is 5.43 Å². The topological polar surface area (TPSA) is 79.9 Å². The Bertz CT molecular complexity index is 719. The minimum absolute atomic E-state index is 0.0175. The molecule has 0 radical (unpaired) electrons. The normalized spacial score (nSPS) is 10.8. The van der Waals surface area contributed by atoms with Gasteiger partial charge >= 0.3 is 0 Å². The summed E-state index contributed by atoms with van der Waals surface area (Å²) in [6.07, 6.45) is 0. The van der Waals surface area contributed by atoms with E-state index in [0.29, 0.717) is 27.0 Å². The summed E-state index contributed by atoms with van der Waals surface area (Å²) >= 11 is 11.7. The first kappa shape index (κ1) is 15.2. The number of hydrogen-bond donors (Lipinski definition) is 1. The van der Waals surface area contributed by atoms with Crippen LogP contribution in [0, 0.1) is 17.0 Å². The van der Waals surface area contributed by atoms with E-state index >= 15 is 0 Å². The van der Waals surface area contributed by atoms with Crippen LogP contribution in [0.4, 0.5) is 17.1 Å². The number of nitro benzene ring substituents is 1. The van der Waals surface area contributed by atoms with Crippen LogP contribution >= 0.6 is 23.2 Å². The van der Waals surface area contributed by atoms with Crippen LogP contribution < -0.4 is 5.43 Å². The number of benzene rings is 2. The second-order valence-electron chi connectivity index (χ2n) is 4.17. The lowest BCUT2D eigenvalue weighted by atomic mass is 10.2. The molecule has 0 aromatic heterocycles. The van der Waals surface area contributed by atoms with E-state index in [1.54, 1.807) is 25.1 Å². The highest BCUT2D eigenvalue weighted by molar-refractivity contribution is 6.42. The Morgan fingerprint density at radius 2 is 1.90 bits per heavy atom. The van der Waals surface area contributed by atoms with Crippen LogP contribution in [0.5, 0.6) is 0 Å². The van der Waals surface area contributed by atoms with Crippen molar-refractivity contribution in [2.45, 2.75) is 6.92 Å². The first-order chi connectivity index (χ1) is 9.97. The molecular formula is C13H10Cl2N4O2. The van der Waals surface area contributed by atoms with Gasteiger partial charge in [-0.2, -0.15) is 0 Å². The number of halogens is 2. The van der Waals surface area contributed by atoms with Gasteiger partial charge in [0.05, 0.1) is 26.3 Å². The Balaban J connectivity index is 2.10. The minimum Gasteiger partial charge on any atom is -0.260 e. The zero-order valence-electron chi connectivity index (χ0n) is 10.9. The molecule has 2 aromatic rings. The van der Waals surface area contributed by atoms with Gasteiger partial charge in [-0.15, -0.1) is 5.11 Å². The molecule has 1 N–H and O–H groups in total. The van der Waals surface area contributed by atoms with E-state index < -0.39 is 4.92 Å². The van der Waals surface area contributed by atoms with Crippen molar-refractivity contribution < 1.29 is 4.92 Å². The van der Waals surface area contributed by atoms with Crippen molar-refractivity contribution >= 4 is 40.3 Å². The molecular weight excluding hydrogens is 315 g/mol. The van der Waals surface area contributed by atoms with Crippen molar-refractivity contribution in [3.05, 3.63) is 62.1 Å². The fourth-order valence-electron chi connectivity index (χ4n) is 1.57. The van der Waals surface area contributed by atoms with E-state index in [1.807, 2.05) is 0 Å². The molecule has 0 spiro atoms. The van der Waals surface area contributed by atoms with Crippen molar-refractivity contribution in [2.24, 2.45) is 10.3 Å². The summed E-state index contributed by atoms with van der Waals surface area (Å²) in [5, 5.41) is 19.3. The highest BCUT2D eigenvalue weighted by Crippen LogP contribution is 2.26. The van der Waals surface area contributed by atoms with Gasteiger partial charge < -0.3 is 0 Å². The van der Waals surface area contributed by atoms with Gasteiger partial charge in [0.25, 0.3) is 5.69 Å². The molecule has 108 valence electrons. The van der Waals surface area contributed by atoms with E-state index in [-0.39, 0.29) is 5.69 Å². The van der Waals surface area contributed by atoms with Gasteiger partial charge in [0.1, 0.15) is 0 Å². The van der Waals surface area contributed by atoms with E-state index in [0.717, 1.165) is 0 Å². The Labute approximate surface area is 130 Å². The number of nitro groups is 1. The van der Waals surface area contributed by atoms with Crippen molar-refractivity contribution in [3.63, 3.8) is 0 Å². The molecule has 2 aromatic carbocycles. The third-order valence-electron chi connectivity index (χ3n) is 2.65. The number of anilines is 1. The SMILES string of the molecule is Cc1cc([N+](=O)[O-])ccc1N=NNc1ccc(Cl)c(Cl)c1. The molecule has 8 heteroatoms. The molecule has 0 saturated heterocycles. The minimum atomic E-state index is -0.456. The standard InChI is InChI=1S/C13H10Cl2N4O2/c1-8-6-10(19(20)21)3-5-13(8)17-18-16-9-2-4-11(14)12(15)7-9/h2-7H,1H3,(H,16,17). The Morgan fingerprint density at radius 3 is 2.52 bits per heavy atom. The van der Waals surface area contributed by atoms with Gasteiger partial charge in [-0.3, -0.25) is 15.5 Å². The van der Waals surface area contributed by atoms with Crippen LogP contribution in [0.1, 0.15) is 5.56 Å². The van der Waals surface area contributed by atoms with Crippen molar-refractivity contribution in [1.82, 2.24) is 0 Å². The van der Waals surface area contributed by atoms with E-state index in [4.69, 9.17) is 23.2 Å². The first-order valence-corrected chi connectivity index (χ1v) is 6.60. The molecule has 0 amide bonds. The highest BCUT2D eigenvalue weighted by atomic mass is 35.5. The molecule has 0 aliphatic carbocycles. The molecule has 0 fully saturated rings. The number of nitrogens with zero attached hydrogens (tertiary/aromatic N) is 3. The van der Waals surface area contributed by atoms with Crippen molar-refractivity contribution in [1.29, 1.82) is 0 Å². The third-order valence-corrected chi connectivity index (χ3v) is 3.39. The number of hydrogen-bond acceptors (Lipinski definition) is 4. The molecule has 0 aliphatic heterocycles. The van der Waals surface area contributed by atoms with Crippen LogP contribution in [0.25, 0.3) is 0 Å². The summed E-state index contributed by atoms with van der Waals surface area (Å²) in [6, 6.07) is 9.31. The maximum absolute atomic E-state index is 10.6. The fraction of sp³-hybridized carbons (Fsp3) is 0.0769. The van der Waals surface area contributed by atoms with Gasteiger partial charge in [0.2, 0.25) is 0 Å². The summed E-state index contributed by atoms with van der Waals surface area (Å²) < 4.78 is 0.